The van der Waals surface area contributed by atoms with E-state index in [9.17, 15) is 31.5 Å². The van der Waals surface area contributed by atoms with E-state index in [0.29, 0.717) is 0 Å². The molecule has 0 aliphatic heterocycles. The number of hydrogen-bond acceptors (Lipinski definition) is 2. The third kappa shape index (κ3) is 2.43. The lowest BCUT2D eigenvalue weighted by Gasteiger charge is -2.13. The second-order valence-corrected chi connectivity index (χ2v) is 2.93. The molecule has 94 valence electrons. The molecule has 0 amide bonds. The Morgan fingerprint density at radius 3 is 2.24 bits per heavy atom. The highest BCUT2D eigenvalue weighted by Gasteiger charge is 2.41. The Labute approximate surface area is 89.7 Å². The maximum atomic E-state index is 12.5. The molecule has 0 aromatic carbocycles. The molecule has 2 N–H and O–H groups in total. The number of aromatic nitrogens is 1. The van der Waals surface area contributed by atoms with E-state index in [0.717, 1.165) is 0 Å². The van der Waals surface area contributed by atoms with Gasteiger partial charge in [0, 0.05) is 11.8 Å². The molecule has 0 aliphatic rings. The SMILES string of the molecule is O=C(O)c1c(C(F)(F)F)c(C(F)F)c[nH]c1=O. The van der Waals surface area contributed by atoms with Gasteiger partial charge in [0.2, 0.25) is 0 Å². The minimum atomic E-state index is -5.35. The first-order valence-electron chi connectivity index (χ1n) is 4.00. The zero-order chi connectivity index (χ0) is 13.4. The van der Waals surface area contributed by atoms with Crippen LogP contribution in [-0.4, -0.2) is 16.1 Å². The number of pyridine rings is 1. The highest BCUT2D eigenvalue weighted by Crippen LogP contribution is 2.37. The first kappa shape index (κ1) is 13.1. The van der Waals surface area contributed by atoms with Crippen molar-refractivity contribution in [1.29, 1.82) is 0 Å². The molecule has 0 saturated heterocycles. The van der Waals surface area contributed by atoms with Gasteiger partial charge in [-0.15, -0.1) is 0 Å². The number of H-pyrrole nitrogens is 1. The van der Waals surface area contributed by atoms with Gasteiger partial charge in [0.15, 0.2) is 0 Å². The number of nitrogens with one attached hydrogen (secondary N) is 1. The molecule has 0 aliphatic carbocycles. The van der Waals surface area contributed by atoms with Crippen LogP contribution in [0.3, 0.4) is 0 Å². The number of aromatic carboxylic acids is 1. The van der Waals surface area contributed by atoms with Crippen LogP contribution < -0.4 is 5.56 Å². The van der Waals surface area contributed by atoms with Crippen molar-refractivity contribution in [3.05, 3.63) is 33.2 Å². The minimum Gasteiger partial charge on any atom is -0.477 e. The molecule has 0 unspecified atom stereocenters. The van der Waals surface area contributed by atoms with Gasteiger partial charge in [-0.2, -0.15) is 13.2 Å². The minimum absolute atomic E-state index is 0.155. The fraction of sp³-hybridized carbons (Fsp3) is 0.250. The number of rotatable bonds is 2. The second kappa shape index (κ2) is 4.15. The number of carbonyl (C=O) groups is 1. The molecule has 9 heteroatoms. The van der Waals surface area contributed by atoms with E-state index in [-0.39, 0.29) is 6.20 Å². The van der Waals surface area contributed by atoms with Crippen LogP contribution in [0.15, 0.2) is 11.0 Å². The number of halogens is 5. The molecule has 17 heavy (non-hydrogen) atoms. The van der Waals surface area contributed by atoms with Gasteiger partial charge < -0.3 is 10.1 Å². The molecule has 1 aromatic rings. The van der Waals surface area contributed by atoms with E-state index < -0.39 is 40.8 Å². The predicted molar refractivity (Wildman–Crippen MR) is 44.0 cm³/mol. The quantitative estimate of drug-likeness (QED) is 0.796. The van der Waals surface area contributed by atoms with Crippen molar-refractivity contribution >= 4 is 5.97 Å². The summed E-state index contributed by atoms with van der Waals surface area (Å²) in [5, 5.41) is 8.45. The van der Waals surface area contributed by atoms with E-state index >= 15 is 0 Å². The van der Waals surface area contributed by atoms with Crippen LogP contribution in [0.25, 0.3) is 0 Å². The van der Waals surface area contributed by atoms with Crippen LogP contribution in [-0.2, 0) is 6.18 Å². The summed E-state index contributed by atoms with van der Waals surface area (Å²) < 4.78 is 62.0. The molecule has 4 nitrogen and oxygen atoms in total. The van der Waals surface area contributed by atoms with Crippen molar-refractivity contribution < 1.29 is 31.9 Å². The third-order valence-corrected chi connectivity index (χ3v) is 1.86. The summed E-state index contributed by atoms with van der Waals surface area (Å²) in [7, 11) is 0. The average Bonchev–Trinajstić information content (AvgIpc) is 2.14. The summed E-state index contributed by atoms with van der Waals surface area (Å²) in [5.41, 5.74) is -7.03. The van der Waals surface area contributed by atoms with Crippen molar-refractivity contribution in [3.63, 3.8) is 0 Å². The first-order valence-corrected chi connectivity index (χ1v) is 4.00. The Bertz CT molecular complexity index is 505. The molecular formula is C8H4F5NO3. The summed E-state index contributed by atoms with van der Waals surface area (Å²) in [6.45, 7) is 0. The van der Waals surface area contributed by atoms with E-state index in [4.69, 9.17) is 5.11 Å². The van der Waals surface area contributed by atoms with Gasteiger partial charge in [-0.25, -0.2) is 13.6 Å². The summed E-state index contributed by atoms with van der Waals surface area (Å²) in [5.74, 6) is -2.22. The number of hydrogen-bond donors (Lipinski definition) is 2. The summed E-state index contributed by atoms with van der Waals surface area (Å²) in [4.78, 5) is 22.9. The Hall–Kier alpha value is -1.93. The van der Waals surface area contributed by atoms with Crippen molar-refractivity contribution in [2.45, 2.75) is 12.6 Å². The summed E-state index contributed by atoms with van der Waals surface area (Å²) >= 11 is 0. The standard InChI is InChI=1S/C8H4F5NO3/c9-5(10)2-1-14-6(15)3(7(16)17)4(2)8(11,12)13/h1,5H,(H,14,15)(H,16,17). The first-order chi connectivity index (χ1) is 7.66. The lowest BCUT2D eigenvalue weighted by atomic mass is 10.0. The molecule has 0 bridgehead atoms. The Morgan fingerprint density at radius 1 is 1.35 bits per heavy atom. The van der Waals surface area contributed by atoms with Crippen LogP contribution in [0, 0.1) is 0 Å². The second-order valence-electron chi connectivity index (χ2n) is 2.93. The van der Waals surface area contributed by atoms with Crippen LogP contribution in [0.5, 0.6) is 0 Å². The van der Waals surface area contributed by atoms with Gasteiger partial charge in [-0.05, 0) is 0 Å². The maximum Gasteiger partial charge on any atom is 0.417 e. The van der Waals surface area contributed by atoms with E-state index in [1.165, 1.54) is 4.98 Å². The lowest BCUT2D eigenvalue weighted by Crippen LogP contribution is -2.26. The molecular weight excluding hydrogens is 253 g/mol. The zero-order valence-electron chi connectivity index (χ0n) is 7.81. The van der Waals surface area contributed by atoms with Gasteiger partial charge in [-0.1, -0.05) is 0 Å². The van der Waals surface area contributed by atoms with Crippen LogP contribution in [0.2, 0.25) is 0 Å². The van der Waals surface area contributed by atoms with Gasteiger partial charge in [0.05, 0.1) is 5.56 Å². The number of carboxylic acids is 1. The largest absolute Gasteiger partial charge is 0.477 e. The van der Waals surface area contributed by atoms with Gasteiger partial charge >= 0.3 is 12.1 Å². The molecule has 0 spiro atoms. The highest BCUT2D eigenvalue weighted by molar-refractivity contribution is 5.89. The Morgan fingerprint density at radius 2 is 1.88 bits per heavy atom. The van der Waals surface area contributed by atoms with Gasteiger partial charge in [0.1, 0.15) is 5.56 Å². The summed E-state index contributed by atoms with van der Waals surface area (Å²) in [6.07, 6.45) is -8.75. The van der Waals surface area contributed by atoms with Crippen molar-refractivity contribution in [1.82, 2.24) is 4.98 Å². The van der Waals surface area contributed by atoms with Crippen molar-refractivity contribution in [2.75, 3.05) is 0 Å². The lowest BCUT2D eigenvalue weighted by molar-refractivity contribution is -0.140. The fourth-order valence-electron chi connectivity index (χ4n) is 1.23. The monoisotopic (exact) mass is 257 g/mol. The molecule has 1 heterocycles. The van der Waals surface area contributed by atoms with E-state index in [2.05, 4.69) is 0 Å². The summed E-state index contributed by atoms with van der Waals surface area (Å²) in [6, 6.07) is 0. The maximum absolute atomic E-state index is 12.5. The van der Waals surface area contributed by atoms with Gasteiger partial charge in [0.25, 0.3) is 12.0 Å². The predicted octanol–water partition coefficient (Wildman–Crippen LogP) is 2.03. The molecule has 0 saturated carbocycles. The van der Waals surface area contributed by atoms with E-state index in [1.807, 2.05) is 0 Å². The zero-order valence-corrected chi connectivity index (χ0v) is 7.81. The van der Waals surface area contributed by atoms with E-state index in [1.54, 1.807) is 0 Å². The van der Waals surface area contributed by atoms with Crippen molar-refractivity contribution in [3.8, 4) is 0 Å². The van der Waals surface area contributed by atoms with Crippen LogP contribution in [0.4, 0.5) is 22.0 Å². The average molecular weight is 257 g/mol. The number of aromatic amines is 1. The number of alkyl halides is 5. The smallest absolute Gasteiger partial charge is 0.417 e. The Balaban J connectivity index is 3.75. The fourth-order valence-corrected chi connectivity index (χ4v) is 1.23. The van der Waals surface area contributed by atoms with Crippen LogP contribution >= 0.6 is 0 Å². The molecule has 0 fully saturated rings. The van der Waals surface area contributed by atoms with Crippen molar-refractivity contribution in [2.24, 2.45) is 0 Å². The molecule has 0 atom stereocenters. The Kier molecular flexibility index (Phi) is 3.21. The number of carboxylic acid groups (broad SMARTS) is 1. The normalized spacial score (nSPS) is 11.9. The molecule has 1 rings (SSSR count). The highest BCUT2D eigenvalue weighted by atomic mass is 19.4. The van der Waals surface area contributed by atoms with Gasteiger partial charge in [-0.3, -0.25) is 4.79 Å². The molecule has 1 aromatic heterocycles. The third-order valence-electron chi connectivity index (χ3n) is 1.86. The molecule has 0 radical (unpaired) electrons. The van der Waals surface area contributed by atoms with Crippen LogP contribution in [0.1, 0.15) is 27.9 Å². The topological polar surface area (TPSA) is 70.2 Å².